The van der Waals surface area contributed by atoms with Gasteiger partial charge in [-0.3, -0.25) is 9.48 Å². The van der Waals surface area contributed by atoms with Crippen LogP contribution in [-0.2, 0) is 19.9 Å². The number of carbonyl (C=O) groups is 1. The molecule has 2 aromatic carbocycles. The van der Waals surface area contributed by atoms with Crippen LogP contribution < -0.4 is 10.6 Å². The second-order valence-corrected chi connectivity index (χ2v) is 7.18. The fourth-order valence-electron chi connectivity index (χ4n) is 3.76. The highest BCUT2D eigenvalue weighted by atomic mass is 16.2. The third kappa shape index (κ3) is 3.30. The van der Waals surface area contributed by atoms with Crippen molar-refractivity contribution < 1.29 is 4.79 Å². The quantitative estimate of drug-likeness (QED) is 0.545. The molecule has 0 saturated carbocycles. The molecule has 4 aromatic rings. The predicted octanol–water partition coefficient (Wildman–Crippen LogP) is 3.97. The molecule has 0 spiro atoms. The van der Waals surface area contributed by atoms with Crippen LogP contribution in [0.5, 0.6) is 0 Å². The van der Waals surface area contributed by atoms with Crippen molar-refractivity contribution in [3.05, 3.63) is 83.7 Å². The normalized spacial score (nSPS) is 12.0. The van der Waals surface area contributed by atoms with E-state index < -0.39 is 0 Å². The molecule has 5 rings (SSSR count). The maximum absolute atomic E-state index is 12.9. The zero-order chi connectivity index (χ0) is 20.5. The molecular weight excluding hydrogens is 376 g/mol. The van der Waals surface area contributed by atoms with Crippen LogP contribution >= 0.6 is 0 Å². The Labute approximate surface area is 173 Å². The largest absolute Gasteiger partial charge is 0.324 e. The minimum absolute atomic E-state index is 0.210. The van der Waals surface area contributed by atoms with Crippen molar-refractivity contribution in [2.24, 2.45) is 7.05 Å². The first kappa shape index (κ1) is 18.1. The van der Waals surface area contributed by atoms with Crippen molar-refractivity contribution in [1.29, 1.82) is 0 Å². The van der Waals surface area contributed by atoms with Crippen molar-refractivity contribution >= 4 is 23.2 Å². The minimum Gasteiger partial charge on any atom is -0.324 e. The average molecular weight is 396 g/mol. The molecule has 0 saturated heterocycles. The number of benzene rings is 2. The summed E-state index contributed by atoms with van der Waals surface area (Å²) in [5.41, 5.74) is 5.77. The molecule has 0 atom stereocenters. The zero-order valence-electron chi connectivity index (χ0n) is 16.5. The summed E-state index contributed by atoms with van der Waals surface area (Å²) in [5.74, 6) is 0.308. The van der Waals surface area contributed by atoms with Gasteiger partial charge in [0, 0.05) is 30.2 Å². The highest BCUT2D eigenvalue weighted by molar-refractivity contribution is 6.05. The third-order valence-corrected chi connectivity index (χ3v) is 5.16. The van der Waals surface area contributed by atoms with E-state index in [1.165, 1.54) is 0 Å². The summed E-state index contributed by atoms with van der Waals surface area (Å²) in [4.78, 5) is 22.1. The number of hydrogen-bond donors (Lipinski definition) is 2. The number of rotatable bonds is 4. The topological polar surface area (TPSA) is 84.7 Å². The smallest absolute Gasteiger partial charge is 0.276 e. The van der Waals surface area contributed by atoms with Crippen LogP contribution in [0.3, 0.4) is 0 Å². The van der Waals surface area contributed by atoms with Gasteiger partial charge in [0.05, 0.1) is 11.4 Å². The van der Waals surface area contributed by atoms with E-state index in [-0.39, 0.29) is 5.91 Å². The van der Waals surface area contributed by atoms with Gasteiger partial charge < -0.3 is 10.6 Å². The highest BCUT2D eigenvalue weighted by Crippen LogP contribution is 2.34. The van der Waals surface area contributed by atoms with Gasteiger partial charge in [-0.1, -0.05) is 36.4 Å². The lowest BCUT2D eigenvalue weighted by atomic mass is 9.93. The van der Waals surface area contributed by atoms with Crippen LogP contribution in [0.25, 0.3) is 11.4 Å². The number of nitrogens with one attached hydrogen (secondary N) is 2. The summed E-state index contributed by atoms with van der Waals surface area (Å²) >= 11 is 0. The van der Waals surface area contributed by atoms with Crippen LogP contribution in [0.2, 0.25) is 0 Å². The third-order valence-electron chi connectivity index (χ3n) is 5.16. The Kier molecular flexibility index (Phi) is 4.48. The van der Waals surface area contributed by atoms with Gasteiger partial charge in [0.15, 0.2) is 5.69 Å². The number of fused-ring (bicyclic) bond motifs is 3. The second kappa shape index (κ2) is 7.44. The minimum atomic E-state index is -0.210. The lowest BCUT2D eigenvalue weighted by Gasteiger charge is -2.17. The van der Waals surface area contributed by atoms with Crippen LogP contribution in [0.4, 0.5) is 17.3 Å². The van der Waals surface area contributed by atoms with E-state index in [4.69, 9.17) is 4.98 Å². The Morgan fingerprint density at radius 1 is 0.967 bits per heavy atom. The van der Waals surface area contributed by atoms with E-state index in [1.54, 1.807) is 4.68 Å². The molecule has 0 fully saturated rings. The lowest BCUT2D eigenvalue weighted by molar-refractivity contribution is 0.102. The molecule has 30 heavy (non-hydrogen) atoms. The van der Waals surface area contributed by atoms with Crippen molar-refractivity contribution in [2.75, 3.05) is 10.6 Å². The van der Waals surface area contributed by atoms with Crippen LogP contribution in [0.15, 0.2) is 66.9 Å². The van der Waals surface area contributed by atoms with Gasteiger partial charge in [-0.15, -0.1) is 0 Å². The second-order valence-electron chi connectivity index (χ2n) is 7.18. The standard InChI is InChI=1S/C23H20N6O/c1-29-21-18(20(28-29)22(30)25-16-8-4-2-5-9-16)13-12-15-14-24-23(27-19(15)21)26-17-10-6-3-7-11-17/h2-11,14H,12-13H2,1H3,(H,25,30)(H,24,26,27). The average Bonchev–Trinajstić information content (AvgIpc) is 3.12. The van der Waals surface area contributed by atoms with Gasteiger partial charge in [0.25, 0.3) is 5.91 Å². The molecule has 1 amide bonds. The monoisotopic (exact) mass is 396 g/mol. The van der Waals surface area contributed by atoms with E-state index in [0.717, 1.165) is 46.7 Å². The molecule has 2 aromatic heterocycles. The molecule has 0 unspecified atom stereocenters. The Morgan fingerprint density at radius 3 is 2.40 bits per heavy atom. The maximum Gasteiger partial charge on any atom is 0.276 e. The first-order valence-corrected chi connectivity index (χ1v) is 9.79. The Bertz CT molecular complexity index is 1220. The number of carbonyl (C=O) groups excluding carboxylic acids is 1. The summed E-state index contributed by atoms with van der Waals surface area (Å²) in [5, 5.41) is 10.7. The molecule has 7 nitrogen and oxygen atoms in total. The van der Waals surface area contributed by atoms with Crippen molar-refractivity contribution in [3.63, 3.8) is 0 Å². The Morgan fingerprint density at radius 2 is 1.67 bits per heavy atom. The van der Waals surface area contributed by atoms with Crippen molar-refractivity contribution in [1.82, 2.24) is 19.7 Å². The molecule has 0 aliphatic heterocycles. The highest BCUT2D eigenvalue weighted by Gasteiger charge is 2.29. The molecule has 1 aliphatic rings. The molecule has 1 aliphatic carbocycles. The van der Waals surface area contributed by atoms with Gasteiger partial charge in [-0.05, 0) is 42.7 Å². The lowest BCUT2D eigenvalue weighted by Crippen LogP contribution is -2.16. The number of para-hydroxylation sites is 2. The molecule has 148 valence electrons. The van der Waals surface area contributed by atoms with Crippen LogP contribution in [-0.4, -0.2) is 25.7 Å². The summed E-state index contributed by atoms with van der Waals surface area (Å²) < 4.78 is 1.74. The zero-order valence-corrected chi connectivity index (χ0v) is 16.5. The number of anilines is 3. The van der Waals surface area contributed by atoms with Gasteiger partial charge in [0.1, 0.15) is 0 Å². The van der Waals surface area contributed by atoms with E-state index in [1.807, 2.05) is 73.9 Å². The molecule has 0 bridgehead atoms. The van der Waals surface area contributed by atoms with E-state index in [0.29, 0.717) is 11.6 Å². The van der Waals surface area contributed by atoms with Gasteiger partial charge >= 0.3 is 0 Å². The van der Waals surface area contributed by atoms with Gasteiger partial charge in [-0.25, -0.2) is 9.97 Å². The summed E-state index contributed by atoms with van der Waals surface area (Å²) in [7, 11) is 1.85. The molecule has 2 heterocycles. The van der Waals surface area contributed by atoms with Gasteiger partial charge in [-0.2, -0.15) is 5.10 Å². The fourth-order valence-corrected chi connectivity index (χ4v) is 3.76. The van der Waals surface area contributed by atoms with Crippen LogP contribution in [0.1, 0.15) is 21.6 Å². The van der Waals surface area contributed by atoms with E-state index in [9.17, 15) is 4.79 Å². The number of aryl methyl sites for hydroxylation is 2. The SMILES string of the molecule is Cn1nc(C(=O)Nc2ccccc2)c2c1-c1nc(Nc3ccccc3)ncc1CC2. The van der Waals surface area contributed by atoms with Crippen LogP contribution in [0, 0.1) is 0 Å². The fraction of sp³-hybridized carbons (Fsp3) is 0.130. The summed E-state index contributed by atoms with van der Waals surface area (Å²) in [6, 6.07) is 19.2. The molecular formula is C23H20N6O. The van der Waals surface area contributed by atoms with E-state index in [2.05, 4.69) is 20.7 Å². The number of nitrogens with zero attached hydrogens (tertiary/aromatic N) is 4. The number of aromatic nitrogens is 4. The van der Waals surface area contributed by atoms with Crippen molar-refractivity contribution in [2.45, 2.75) is 12.8 Å². The molecule has 2 N–H and O–H groups in total. The molecule has 7 heteroatoms. The Hall–Kier alpha value is -4.00. The van der Waals surface area contributed by atoms with Crippen molar-refractivity contribution in [3.8, 4) is 11.4 Å². The summed E-state index contributed by atoms with van der Waals surface area (Å²) in [6.45, 7) is 0. The van der Waals surface area contributed by atoms with E-state index >= 15 is 0 Å². The number of amides is 1. The van der Waals surface area contributed by atoms with Gasteiger partial charge in [0.2, 0.25) is 5.95 Å². The summed E-state index contributed by atoms with van der Waals surface area (Å²) in [6.07, 6.45) is 3.35. The number of hydrogen-bond acceptors (Lipinski definition) is 5. The first-order valence-electron chi connectivity index (χ1n) is 9.79. The predicted molar refractivity (Wildman–Crippen MR) is 116 cm³/mol. The first-order chi connectivity index (χ1) is 14.7. The maximum atomic E-state index is 12.9. The Balaban J connectivity index is 1.49. The molecule has 0 radical (unpaired) electrons.